The number of amides is 1. The van der Waals surface area contributed by atoms with E-state index in [1.807, 2.05) is 0 Å². The molecule has 0 atom stereocenters. The van der Waals surface area contributed by atoms with Crippen molar-refractivity contribution in [2.75, 3.05) is 19.6 Å². The molecule has 0 bridgehead atoms. The van der Waals surface area contributed by atoms with E-state index in [2.05, 4.69) is 20.1 Å². The van der Waals surface area contributed by atoms with Crippen molar-refractivity contribution in [1.82, 2.24) is 25.0 Å². The lowest BCUT2D eigenvalue weighted by Gasteiger charge is -2.32. The summed E-state index contributed by atoms with van der Waals surface area (Å²) in [5.41, 5.74) is -0.290. The number of nitro benzene ring substituents is 1. The van der Waals surface area contributed by atoms with Gasteiger partial charge in [0.05, 0.1) is 11.5 Å². The Bertz CT molecular complexity index is 891. The highest BCUT2D eigenvalue weighted by Gasteiger charge is 2.32. The summed E-state index contributed by atoms with van der Waals surface area (Å²) in [4.78, 5) is 25.2. The van der Waals surface area contributed by atoms with E-state index in [0.717, 1.165) is 44.1 Å². The number of nitrogens with one attached hydrogen (secondary N) is 1. The zero-order valence-corrected chi connectivity index (χ0v) is 15.4. The number of carbonyl (C=O) groups excluding carboxylic acids is 1. The Hall–Kier alpha value is -2.52. The van der Waals surface area contributed by atoms with Crippen molar-refractivity contribution in [3.63, 3.8) is 0 Å². The van der Waals surface area contributed by atoms with Crippen molar-refractivity contribution in [3.8, 4) is 0 Å². The molecule has 1 amide bonds. The van der Waals surface area contributed by atoms with Crippen LogP contribution >= 0.6 is 11.6 Å². The van der Waals surface area contributed by atoms with E-state index in [4.69, 9.17) is 11.6 Å². The minimum atomic E-state index is -0.598. The third-order valence-corrected chi connectivity index (χ3v) is 5.50. The number of rotatable bonds is 3. The van der Waals surface area contributed by atoms with Gasteiger partial charge in [-0.25, -0.2) is 0 Å². The Labute approximate surface area is 160 Å². The molecule has 1 saturated heterocycles. The Morgan fingerprint density at radius 3 is 2.78 bits per heavy atom. The van der Waals surface area contributed by atoms with Gasteiger partial charge in [0.1, 0.15) is 22.2 Å². The summed E-state index contributed by atoms with van der Waals surface area (Å²) < 4.78 is 2.17. The molecule has 3 heterocycles. The fourth-order valence-corrected chi connectivity index (χ4v) is 4.04. The lowest BCUT2D eigenvalue weighted by Crippen LogP contribution is -2.39. The molecule has 0 saturated carbocycles. The van der Waals surface area contributed by atoms with Gasteiger partial charge in [-0.15, -0.1) is 10.2 Å². The van der Waals surface area contributed by atoms with Gasteiger partial charge in [-0.3, -0.25) is 14.9 Å². The summed E-state index contributed by atoms with van der Waals surface area (Å²) in [6.45, 7) is 3.52. The fourth-order valence-electron chi connectivity index (χ4n) is 3.80. The smallest absolute Gasteiger partial charge is 0.300 e. The van der Waals surface area contributed by atoms with Crippen LogP contribution in [0.15, 0.2) is 18.2 Å². The van der Waals surface area contributed by atoms with E-state index in [0.29, 0.717) is 13.1 Å². The number of piperidine rings is 1. The number of likely N-dealkylation sites (tertiary alicyclic amines) is 1. The molecule has 1 N–H and O–H groups in total. The van der Waals surface area contributed by atoms with E-state index >= 15 is 0 Å². The zero-order valence-electron chi connectivity index (χ0n) is 14.6. The standard InChI is InChI=1S/C17H19ClN6O3/c18-13-3-1-2-12(15(13)24(26)27)17(25)22-7-4-11(5-8-22)16-21-20-14-10-19-6-9-23(14)16/h1-3,11,19H,4-10H2. The maximum Gasteiger partial charge on any atom is 0.300 e. The van der Waals surface area contributed by atoms with Gasteiger partial charge >= 0.3 is 5.69 Å². The van der Waals surface area contributed by atoms with Crippen molar-refractivity contribution in [2.45, 2.75) is 31.8 Å². The molecule has 0 radical (unpaired) electrons. The largest absolute Gasteiger partial charge is 0.338 e. The number of nitrogens with zero attached hydrogens (tertiary/aromatic N) is 5. The number of carbonyl (C=O) groups is 1. The molecule has 1 aromatic carbocycles. The first-order chi connectivity index (χ1) is 13.1. The summed E-state index contributed by atoms with van der Waals surface area (Å²) in [5, 5.41) is 23.2. The Balaban J connectivity index is 1.49. The van der Waals surface area contributed by atoms with Crippen molar-refractivity contribution in [1.29, 1.82) is 0 Å². The van der Waals surface area contributed by atoms with Crippen molar-refractivity contribution in [2.24, 2.45) is 0 Å². The van der Waals surface area contributed by atoms with Crippen LogP contribution in [0, 0.1) is 10.1 Å². The van der Waals surface area contributed by atoms with E-state index < -0.39 is 4.92 Å². The summed E-state index contributed by atoms with van der Waals surface area (Å²) in [6.07, 6.45) is 1.51. The summed E-state index contributed by atoms with van der Waals surface area (Å²) in [6, 6.07) is 4.44. The predicted molar refractivity (Wildman–Crippen MR) is 97.7 cm³/mol. The highest BCUT2D eigenvalue weighted by molar-refractivity contribution is 6.33. The zero-order chi connectivity index (χ0) is 19.0. The molecule has 0 unspecified atom stereocenters. The lowest BCUT2D eigenvalue weighted by atomic mass is 9.95. The van der Waals surface area contributed by atoms with Crippen LogP contribution in [-0.4, -0.2) is 50.1 Å². The first-order valence-electron chi connectivity index (χ1n) is 8.91. The second kappa shape index (κ2) is 7.24. The first-order valence-corrected chi connectivity index (χ1v) is 9.29. The van der Waals surface area contributed by atoms with Crippen LogP contribution in [0.4, 0.5) is 5.69 Å². The first kappa shape index (κ1) is 17.9. The van der Waals surface area contributed by atoms with E-state index in [1.165, 1.54) is 12.1 Å². The molecule has 142 valence electrons. The molecule has 2 aromatic rings. The average molecular weight is 391 g/mol. The fraction of sp³-hybridized carbons (Fsp3) is 0.471. The van der Waals surface area contributed by atoms with Gasteiger partial charge in [0.15, 0.2) is 0 Å². The van der Waals surface area contributed by atoms with Gasteiger partial charge < -0.3 is 14.8 Å². The van der Waals surface area contributed by atoms with Crippen molar-refractivity contribution >= 4 is 23.2 Å². The van der Waals surface area contributed by atoms with Crippen LogP contribution < -0.4 is 5.32 Å². The van der Waals surface area contributed by atoms with E-state index in [1.54, 1.807) is 11.0 Å². The number of aromatic nitrogens is 3. The van der Waals surface area contributed by atoms with Crippen LogP contribution in [0.5, 0.6) is 0 Å². The van der Waals surface area contributed by atoms with Gasteiger partial charge in [0.2, 0.25) is 0 Å². The predicted octanol–water partition coefficient (Wildman–Crippen LogP) is 1.96. The van der Waals surface area contributed by atoms with Crippen LogP contribution in [0.3, 0.4) is 0 Å². The van der Waals surface area contributed by atoms with Crippen LogP contribution in [-0.2, 0) is 13.1 Å². The van der Waals surface area contributed by atoms with Gasteiger partial charge in [0.25, 0.3) is 5.91 Å². The van der Waals surface area contributed by atoms with E-state index in [9.17, 15) is 14.9 Å². The molecular weight excluding hydrogens is 372 g/mol. The number of hydrogen-bond acceptors (Lipinski definition) is 6. The second-order valence-electron chi connectivity index (χ2n) is 6.76. The number of benzene rings is 1. The molecule has 0 spiro atoms. The molecule has 1 fully saturated rings. The number of nitro groups is 1. The molecule has 4 rings (SSSR count). The molecule has 9 nitrogen and oxygen atoms in total. The number of hydrogen-bond donors (Lipinski definition) is 1. The normalized spacial score (nSPS) is 17.6. The van der Waals surface area contributed by atoms with Crippen molar-refractivity contribution in [3.05, 3.63) is 50.5 Å². The topological polar surface area (TPSA) is 106 Å². The summed E-state index contributed by atoms with van der Waals surface area (Å²) >= 11 is 5.93. The third kappa shape index (κ3) is 3.28. The molecular formula is C17H19ClN6O3. The highest BCUT2D eigenvalue weighted by Crippen LogP contribution is 2.32. The maximum absolute atomic E-state index is 12.8. The Morgan fingerprint density at radius 1 is 1.26 bits per heavy atom. The average Bonchev–Trinajstić information content (AvgIpc) is 3.11. The van der Waals surface area contributed by atoms with Gasteiger partial charge in [-0.2, -0.15) is 0 Å². The monoisotopic (exact) mass is 390 g/mol. The highest BCUT2D eigenvalue weighted by atomic mass is 35.5. The van der Waals surface area contributed by atoms with Crippen LogP contribution in [0.2, 0.25) is 5.02 Å². The second-order valence-corrected chi connectivity index (χ2v) is 7.17. The Morgan fingerprint density at radius 2 is 2.04 bits per heavy atom. The third-order valence-electron chi connectivity index (χ3n) is 5.20. The maximum atomic E-state index is 12.8. The van der Waals surface area contributed by atoms with Crippen LogP contribution in [0.25, 0.3) is 0 Å². The van der Waals surface area contributed by atoms with Crippen LogP contribution in [0.1, 0.15) is 40.8 Å². The Kier molecular flexibility index (Phi) is 4.79. The molecule has 2 aliphatic heterocycles. The molecule has 1 aromatic heterocycles. The minimum Gasteiger partial charge on any atom is -0.338 e. The van der Waals surface area contributed by atoms with Gasteiger partial charge in [-0.1, -0.05) is 17.7 Å². The number of fused-ring (bicyclic) bond motifs is 1. The molecule has 2 aliphatic rings. The van der Waals surface area contributed by atoms with Gasteiger partial charge in [0, 0.05) is 32.1 Å². The quantitative estimate of drug-likeness (QED) is 0.634. The summed E-state index contributed by atoms with van der Waals surface area (Å²) in [7, 11) is 0. The SMILES string of the molecule is O=C(c1cccc(Cl)c1[N+](=O)[O-])N1CCC(c2nnc3n2CCNC3)CC1. The number of para-hydroxylation sites is 1. The van der Waals surface area contributed by atoms with E-state index in [-0.39, 0.29) is 28.1 Å². The summed E-state index contributed by atoms with van der Waals surface area (Å²) in [5.74, 6) is 1.81. The molecule has 27 heavy (non-hydrogen) atoms. The molecule has 10 heteroatoms. The lowest BCUT2D eigenvalue weighted by molar-refractivity contribution is -0.385. The van der Waals surface area contributed by atoms with Crippen molar-refractivity contribution < 1.29 is 9.72 Å². The van der Waals surface area contributed by atoms with Gasteiger partial charge in [-0.05, 0) is 25.0 Å². The molecule has 0 aliphatic carbocycles. The number of halogens is 1. The minimum absolute atomic E-state index is 0.0237.